The molecule has 1 fully saturated rings. The molecule has 0 radical (unpaired) electrons. The molecule has 4 heteroatoms. The van der Waals surface area contributed by atoms with Crippen molar-refractivity contribution >= 4 is 5.91 Å². The second-order valence-corrected chi connectivity index (χ2v) is 5.69. The molecule has 0 aromatic carbocycles. The first-order valence-corrected chi connectivity index (χ1v) is 7.49. The molecule has 0 aromatic rings. The monoisotopic (exact) mass is 267 g/mol. The third-order valence-corrected chi connectivity index (χ3v) is 3.39. The van der Waals surface area contributed by atoms with Gasteiger partial charge in [0, 0.05) is 18.6 Å². The molecule has 110 valence electrons. The molecule has 1 aliphatic rings. The van der Waals surface area contributed by atoms with E-state index in [9.17, 15) is 4.79 Å². The molecule has 1 aliphatic heterocycles. The van der Waals surface area contributed by atoms with E-state index in [4.69, 9.17) is 5.73 Å². The van der Waals surface area contributed by atoms with E-state index in [1.807, 2.05) is 13.8 Å². The Morgan fingerprint density at radius 2 is 2.21 bits per heavy atom. The highest BCUT2D eigenvalue weighted by Gasteiger charge is 2.34. The largest absolute Gasteiger partial charge is 0.353 e. The number of allylic oxidation sites excluding steroid dienone is 2. The average Bonchev–Trinajstić information content (AvgIpc) is 2.69. The van der Waals surface area contributed by atoms with E-state index in [0.29, 0.717) is 0 Å². The minimum Gasteiger partial charge on any atom is -0.353 e. The molecule has 19 heavy (non-hydrogen) atoms. The van der Waals surface area contributed by atoms with E-state index in [1.54, 1.807) is 0 Å². The van der Waals surface area contributed by atoms with Crippen molar-refractivity contribution in [3.05, 3.63) is 12.2 Å². The molecule has 1 amide bonds. The number of nitrogens with two attached hydrogens (primary N) is 1. The third kappa shape index (κ3) is 5.74. The van der Waals surface area contributed by atoms with Gasteiger partial charge < -0.3 is 11.1 Å². The van der Waals surface area contributed by atoms with Crippen LogP contribution in [0.5, 0.6) is 0 Å². The molecule has 0 unspecified atom stereocenters. The van der Waals surface area contributed by atoms with Crippen molar-refractivity contribution in [3.8, 4) is 0 Å². The average molecular weight is 267 g/mol. The van der Waals surface area contributed by atoms with Gasteiger partial charge in [0.1, 0.15) is 0 Å². The number of hydrogen-bond acceptors (Lipinski definition) is 3. The Morgan fingerprint density at radius 1 is 1.47 bits per heavy atom. The van der Waals surface area contributed by atoms with E-state index in [0.717, 1.165) is 38.8 Å². The van der Waals surface area contributed by atoms with Crippen molar-refractivity contribution in [1.82, 2.24) is 10.2 Å². The van der Waals surface area contributed by atoms with E-state index in [1.165, 1.54) is 0 Å². The molecular weight excluding hydrogens is 238 g/mol. The number of likely N-dealkylation sites (tertiary alicyclic amines) is 1. The van der Waals surface area contributed by atoms with E-state index < -0.39 is 0 Å². The highest BCUT2D eigenvalue weighted by Crippen LogP contribution is 2.17. The SMILES string of the molecule is CC/C=C\CCCN1C[C@@H](N)C[C@H]1C(=O)NC(C)C. The van der Waals surface area contributed by atoms with Crippen LogP contribution in [-0.2, 0) is 4.79 Å². The van der Waals surface area contributed by atoms with Crippen molar-refractivity contribution in [2.45, 2.75) is 64.6 Å². The van der Waals surface area contributed by atoms with Gasteiger partial charge in [0.25, 0.3) is 0 Å². The summed E-state index contributed by atoms with van der Waals surface area (Å²) in [5.74, 6) is 0.132. The summed E-state index contributed by atoms with van der Waals surface area (Å²) in [6.45, 7) is 7.92. The molecule has 3 N–H and O–H groups in total. The van der Waals surface area contributed by atoms with Gasteiger partial charge in [-0.3, -0.25) is 9.69 Å². The number of carbonyl (C=O) groups is 1. The highest BCUT2D eigenvalue weighted by molar-refractivity contribution is 5.82. The Bertz CT molecular complexity index is 302. The van der Waals surface area contributed by atoms with Crippen LogP contribution >= 0.6 is 0 Å². The Balaban J connectivity index is 2.41. The zero-order valence-electron chi connectivity index (χ0n) is 12.6. The zero-order chi connectivity index (χ0) is 14.3. The van der Waals surface area contributed by atoms with E-state index in [-0.39, 0.29) is 24.0 Å². The number of hydrogen-bond donors (Lipinski definition) is 2. The van der Waals surface area contributed by atoms with Gasteiger partial charge in [0.05, 0.1) is 6.04 Å². The van der Waals surface area contributed by atoms with Gasteiger partial charge in [-0.2, -0.15) is 0 Å². The topological polar surface area (TPSA) is 58.4 Å². The fourth-order valence-electron chi connectivity index (χ4n) is 2.54. The molecule has 1 heterocycles. The lowest BCUT2D eigenvalue weighted by Gasteiger charge is -2.24. The standard InChI is InChI=1S/C15H29N3O/c1-4-5-6-7-8-9-18-11-13(16)10-14(18)15(19)17-12(2)3/h5-6,12-14H,4,7-11,16H2,1-3H3,(H,17,19)/b6-5-/t13-,14-/m0/s1. The van der Waals surface area contributed by atoms with Crippen molar-refractivity contribution in [2.24, 2.45) is 5.73 Å². The van der Waals surface area contributed by atoms with Crippen LogP contribution in [0.15, 0.2) is 12.2 Å². The van der Waals surface area contributed by atoms with Gasteiger partial charge in [-0.15, -0.1) is 0 Å². The first-order valence-electron chi connectivity index (χ1n) is 7.49. The minimum atomic E-state index is -0.0347. The number of nitrogens with one attached hydrogen (secondary N) is 1. The normalized spacial score (nSPS) is 24.5. The maximum Gasteiger partial charge on any atom is 0.237 e. The van der Waals surface area contributed by atoms with Crippen molar-refractivity contribution < 1.29 is 4.79 Å². The van der Waals surface area contributed by atoms with E-state index >= 15 is 0 Å². The summed E-state index contributed by atoms with van der Waals surface area (Å²) in [5, 5.41) is 3.00. The van der Waals surface area contributed by atoms with Gasteiger partial charge in [-0.05, 0) is 46.1 Å². The summed E-state index contributed by atoms with van der Waals surface area (Å²) in [6, 6.07) is 0.292. The molecule has 0 bridgehead atoms. The van der Waals surface area contributed by atoms with Crippen LogP contribution in [0.2, 0.25) is 0 Å². The molecule has 0 aliphatic carbocycles. The first kappa shape index (κ1) is 16.2. The summed E-state index contributed by atoms with van der Waals surface area (Å²) in [5.41, 5.74) is 6.00. The van der Waals surface area contributed by atoms with Crippen molar-refractivity contribution in [3.63, 3.8) is 0 Å². The van der Waals surface area contributed by atoms with Gasteiger partial charge in [-0.1, -0.05) is 19.1 Å². The second-order valence-electron chi connectivity index (χ2n) is 5.69. The van der Waals surface area contributed by atoms with Gasteiger partial charge in [-0.25, -0.2) is 0 Å². The molecule has 2 atom stereocenters. The van der Waals surface area contributed by atoms with Crippen LogP contribution in [0.3, 0.4) is 0 Å². The Kier molecular flexibility index (Phi) is 7.10. The zero-order valence-corrected chi connectivity index (χ0v) is 12.6. The third-order valence-electron chi connectivity index (χ3n) is 3.39. The maximum atomic E-state index is 12.1. The minimum absolute atomic E-state index is 0.0347. The molecule has 0 aromatic heterocycles. The maximum absolute atomic E-state index is 12.1. The smallest absolute Gasteiger partial charge is 0.237 e. The molecular formula is C15H29N3O. The Hall–Kier alpha value is -0.870. The number of nitrogens with zero attached hydrogens (tertiary/aromatic N) is 1. The molecule has 4 nitrogen and oxygen atoms in total. The first-order chi connectivity index (χ1) is 9.04. The lowest BCUT2D eigenvalue weighted by molar-refractivity contribution is -0.126. The van der Waals surface area contributed by atoms with Gasteiger partial charge >= 0.3 is 0 Å². The summed E-state index contributed by atoms with van der Waals surface area (Å²) in [6.07, 6.45) is 8.46. The Labute approximate surface area is 117 Å². The summed E-state index contributed by atoms with van der Waals surface area (Å²) in [4.78, 5) is 14.4. The Morgan fingerprint density at radius 3 is 2.84 bits per heavy atom. The van der Waals surface area contributed by atoms with Crippen molar-refractivity contribution in [1.29, 1.82) is 0 Å². The van der Waals surface area contributed by atoms with Gasteiger partial charge in [0.2, 0.25) is 5.91 Å². The van der Waals surface area contributed by atoms with Crippen LogP contribution < -0.4 is 11.1 Å². The van der Waals surface area contributed by atoms with Crippen LogP contribution in [0.25, 0.3) is 0 Å². The molecule has 0 saturated carbocycles. The van der Waals surface area contributed by atoms with Crippen molar-refractivity contribution in [2.75, 3.05) is 13.1 Å². The molecule has 1 rings (SSSR count). The van der Waals surface area contributed by atoms with Gasteiger partial charge in [0.15, 0.2) is 0 Å². The number of rotatable bonds is 7. The summed E-state index contributed by atoms with van der Waals surface area (Å²) in [7, 11) is 0. The number of amides is 1. The highest BCUT2D eigenvalue weighted by atomic mass is 16.2. The molecule has 1 saturated heterocycles. The quantitative estimate of drug-likeness (QED) is 0.545. The summed E-state index contributed by atoms with van der Waals surface area (Å²) < 4.78 is 0. The van der Waals surface area contributed by atoms with E-state index in [2.05, 4.69) is 29.3 Å². The van der Waals surface area contributed by atoms with Crippen LogP contribution in [0.1, 0.15) is 46.5 Å². The summed E-state index contributed by atoms with van der Waals surface area (Å²) >= 11 is 0. The number of unbranched alkanes of at least 4 members (excludes halogenated alkanes) is 1. The lowest BCUT2D eigenvalue weighted by atomic mass is 10.1. The lowest BCUT2D eigenvalue weighted by Crippen LogP contribution is -2.45. The van der Waals surface area contributed by atoms with Crippen LogP contribution in [0.4, 0.5) is 0 Å². The molecule has 0 spiro atoms. The number of carbonyl (C=O) groups excluding carboxylic acids is 1. The van der Waals surface area contributed by atoms with Crippen LogP contribution in [0, 0.1) is 0 Å². The predicted molar refractivity (Wildman–Crippen MR) is 79.9 cm³/mol. The van der Waals surface area contributed by atoms with Crippen LogP contribution in [-0.4, -0.2) is 42.0 Å². The second kappa shape index (κ2) is 8.33. The predicted octanol–water partition coefficient (Wildman–Crippen LogP) is 1.66. The fourth-order valence-corrected chi connectivity index (χ4v) is 2.54. The fraction of sp³-hybridized carbons (Fsp3) is 0.800.